The Kier molecular flexibility index (Phi) is 1.31. The van der Waals surface area contributed by atoms with Crippen LogP contribution in [0.3, 0.4) is 0 Å². The van der Waals surface area contributed by atoms with Crippen LogP contribution in [0.2, 0.25) is 0 Å². The van der Waals surface area contributed by atoms with E-state index in [4.69, 9.17) is 5.73 Å². The first-order valence-electron chi connectivity index (χ1n) is 3.25. The molecule has 1 atom stereocenters. The SMILES string of the molecule is [CH2]CC(C)(N)C1CC1. The summed E-state index contributed by atoms with van der Waals surface area (Å²) in [5, 5.41) is 0. The Hall–Kier alpha value is -0.0400. The summed E-state index contributed by atoms with van der Waals surface area (Å²) in [7, 11) is 0. The molecule has 1 heteroatoms. The summed E-state index contributed by atoms with van der Waals surface area (Å²) in [4.78, 5) is 0. The molecule has 0 heterocycles. The molecule has 0 spiro atoms. The van der Waals surface area contributed by atoms with Crippen LogP contribution >= 0.6 is 0 Å². The van der Waals surface area contributed by atoms with Gasteiger partial charge in [-0.25, -0.2) is 0 Å². The third kappa shape index (κ3) is 1.03. The third-order valence-electron chi connectivity index (χ3n) is 2.05. The minimum Gasteiger partial charge on any atom is -0.325 e. The molecule has 1 radical (unpaired) electrons. The van der Waals surface area contributed by atoms with E-state index in [9.17, 15) is 0 Å². The molecule has 2 N–H and O–H groups in total. The molecule has 1 rings (SSSR count). The van der Waals surface area contributed by atoms with Gasteiger partial charge in [0.1, 0.15) is 0 Å². The average Bonchev–Trinajstić information content (AvgIpc) is 2.44. The molecule has 0 saturated heterocycles. The van der Waals surface area contributed by atoms with Gasteiger partial charge in [-0.1, -0.05) is 6.92 Å². The smallest absolute Gasteiger partial charge is 0.0154 e. The number of rotatable bonds is 2. The molecular weight excluding hydrogens is 98.1 g/mol. The summed E-state index contributed by atoms with van der Waals surface area (Å²) >= 11 is 0. The van der Waals surface area contributed by atoms with Crippen LogP contribution in [0, 0.1) is 12.8 Å². The van der Waals surface area contributed by atoms with Gasteiger partial charge in [-0.15, -0.1) is 0 Å². The highest BCUT2D eigenvalue weighted by Crippen LogP contribution is 2.39. The largest absolute Gasteiger partial charge is 0.325 e. The second kappa shape index (κ2) is 1.73. The fourth-order valence-electron chi connectivity index (χ4n) is 0.947. The van der Waals surface area contributed by atoms with Crippen molar-refractivity contribution in [2.45, 2.75) is 31.7 Å². The first kappa shape index (κ1) is 6.09. The Bertz CT molecular complexity index is 82.4. The Morgan fingerprint density at radius 3 is 2.38 bits per heavy atom. The maximum absolute atomic E-state index is 5.86. The molecule has 1 aliphatic rings. The summed E-state index contributed by atoms with van der Waals surface area (Å²) in [5.74, 6) is 0.778. The van der Waals surface area contributed by atoms with E-state index in [1.807, 2.05) is 0 Å². The monoisotopic (exact) mass is 112 g/mol. The Balaban J connectivity index is 2.37. The summed E-state index contributed by atoms with van der Waals surface area (Å²) < 4.78 is 0. The van der Waals surface area contributed by atoms with Gasteiger partial charge >= 0.3 is 0 Å². The van der Waals surface area contributed by atoms with Gasteiger partial charge in [0.15, 0.2) is 0 Å². The zero-order valence-corrected chi connectivity index (χ0v) is 5.48. The Morgan fingerprint density at radius 2 is 2.25 bits per heavy atom. The van der Waals surface area contributed by atoms with Crippen LogP contribution in [0.1, 0.15) is 26.2 Å². The lowest BCUT2D eigenvalue weighted by Gasteiger charge is -2.21. The topological polar surface area (TPSA) is 26.0 Å². The summed E-state index contributed by atoms with van der Waals surface area (Å²) in [6.45, 7) is 5.89. The lowest BCUT2D eigenvalue weighted by atomic mass is 9.94. The quantitative estimate of drug-likeness (QED) is 0.573. The molecular formula is C7H14N. The van der Waals surface area contributed by atoms with Gasteiger partial charge in [0.05, 0.1) is 0 Å². The highest BCUT2D eigenvalue weighted by Gasteiger charge is 2.36. The van der Waals surface area contributed by atoms with Crippen LogP contribution in [0.25, 0.3) is 0 Å². The predicted molar refractivity (Wildman–Crippen MR) is 35.3 cm³/mol. The zero-order valence-electron chi connectivity index (χ0n) is 5.48. The minimum atomic E-state index is 0.0417. The molecule has 8 heavy (non-hydrogen) atoms. The number of nitrogens with two attached hydrogens (primary N) is 1. The first-order valence-corrected chi connectivity index (χ1v) is 3.25. The van der Waals surface area contributed by atoms with Crippen molar-refractivity contribution in [2.75, 3.05) is 0 Å². The molecule has 0 aromatic heterocycles. The molecule has 0 amide bonds. The summed E-state index contributed by atoms with van der Waals surface area (Å²) in [6, 6.07) is 0. The van der Waals surface area contributed by atoms with Crippen molar-refractivity contribution in [3.63, 3.8) is 0 Å². The molecule has 1 aliphatic carbocycles. The van der Waals surface area contributed by atoms with Crippen molar-refractivity contribution >= 4 is 0 Å². The summed E-state index contributed by atoms with van der Waals surface area (Å²) in [5.41, 5.74) is 5.90. The molecule has 0 aliphatic heterocycles. The molecule has 1 fully saturated rings. The maximum Gasteiger partial charge on any atom is 0.0154 e. The van der Waals surface area contributed by atoms with E-state index in [1.165, 1.54) is 12.8 Å². The highest BCUT2D eigenvalue weighted by molar-refractivity contribution is 4.95. The van der Waals surface area contributed by atoms with Crippen molar-refractivity contribution in [1.82, 2.24) is 0 Å². The molecule has 0 aromatic carbocycles. The highest BCUT2D eigenvalue weighted by atomic mass is 14.8. The second-order valence-electron chi connectivity index (χ2n) is 3.03. The van der Waals surface area contributed by atoms with E-state index in [1.54, 1.807) is 0 Å². The van der Waals surface area contributed by atoms with Crippen LogP contribution in [0.4, 0.5) is 0 Å². The standard InChI is InChI=1S/C7H14N/c1-3-7(2,8)6-4-5-6/h6H,1,3-5,8H2,2H3. The zero-order chi connectivity index (χ0) is 6.20. The summed E-state index contributed by atoms with van der Waals surface area (Å²) in [6.07, 6.45) is 3.52. The molecule has 0 bridgehead atoms. The lowest BCUT2D eigenvalue weighted by molar-refractivity contribution is 0.412. The van der Waals surface area contributed by atoms with E-state index in [0.29, 0.717) is 0 Å². The van der Waals surface area contributed by atoms with E-state index < -0.39 is 0 Å². The van der Waals surface area contributed by atoms with Gasteiger partial charge in [0.25, 0.3) is 0 Å². The fraction of sp³-hybridized carbons (Fsp3) is 0.857. The normalized spacial score (nSPS) is 27.4. The van der Waals surface area contributed by atoms with Gasteiger partial charge in [0, 0.05) is 5.54 Å². The lowest BCUT2D eigenvalue weighted by Crippen LogP contribution is -2.37. The molecule has 47 valence electrons. The van der Waals surface area contributed by atoms with E-state index in [0.717, 1.165) is 12.3 Å². The van der Waals surface area contributed by atoms with Crippen LogP contribution in [0.5, 0.6) is 0 Å². The van der Waals surface area contributed by atoms with E-state index in [2.05, 4.69) is 13.8 Å². The molecule has 1 unspecified atom stereocenters. The third-order valence-corrected chi connectivity index (χ3v) is 2.05. The van der Waals surface area contributed by atoms with Crippen molar-refractivity contribution < 1.29 is 0 Å². The van der Waals surface area contributed by atoms with Crippen molar-refractivity contribution in [3.8, 4) is 0 Å². The van der Waals surface area contributed by atoms with Gasteiger partial charge in [0.2, 0.25) is 0 Å². The van der Waals surface area contributed by atoms with Crippen LogP contribution in [-0.2, 0) is 0 Å². The van der Waals surface area contributed by atoms with Crippen LogP contribution in [-0.4, -0.2) is 5.54 Å². The number of hydrogen-bond donors (Lipinski definition) is 1. The predicted octanol–water partition coefficient (Wildman–Crippen LogP) is 1.34. The maximum atomic E-state index is 5.86. The molecule has 1 nitrogen and oxygen atoms in total. The van der Waals surface area contributed by atoms with Gasteiger partial charge in [-0.2, -0.15) is 0 Å². The van der Waals surface area contributed by atoms with Crippen molar-refractivity contribution in [1.29, 1.82) is 0 Å². The second-order valence-corrected chi connectivity index (χ2v) is 3.03. The molecule has 1 saturated carbocycles. The Labute approximate surface area is 51.3 Å². The van der Waals surface area contributed by atoms with E-state index in [-0.39, 0.29) is 5.54 Å². The Morgan fingerprint density at radius 1 is 1.75 bits per heavy atom. The number of hydrogen-bond acceptors (Lipinski definition) is 1. The fourth-order valence-corrected chi connectivity index (χ4v) is 0.947. The first-order chi connectivity index (χ1) is 3.67. The molecule has 0 aromatic rings. The average molecular weight is 112 g/mol. The van der Waals surface area contributed by atoms with E-state index >= 15 is 0 Å². The van der Waals surface area contributed by atoms with Crippen molar-refractivity contribution in [3.05, 3.63) is 6.92 Å². The van der Waals surface area contributed by atoms with Gasteiger partial charge in [-0.05, 0) is 32.1 Å². The van der Waals surface area contributed by atoms with Crippen LogP contribution < -0.4 is 5.73 Å². The van der Waals surface area contributed by atoms with Gasteiger partial charge in [-0.3, -0.25) is 0 Å². The van der Waals surface area contributed by atoms with Crippen LogP contribution in [0.15, 0.2) is 0 Å². The van der Waals surface area contributed by atoms with Crippen molar-refractivity contribution in [2.24, 2.45) is 11.7 Å². The van der Waals surface area contributed by atoms with Gasteiger partial charge < -0.3 is 5.73 Å². The minimum absolute atomic E-state index is 0.0417.